The Morgan fingerprint density at radius 2 is 1.23 bits per heavy atom. The SMILES string of the molecule is CCC(F)(F)C(F)(F)OC(F)(F)C(F)(F)CCCOCC12CC3CC(CC(C3)C1)C2. The average molecular weight is 452 g/mol. The quantitative estimate of drug-likeness (QED) is 0.251. The lowest BCUT2D eigenvalue weighted by atomic mass is 9.50. The molecule has 10 heteroatoms. The van der Waals surface area contributed by atoms with Gasteiger partial charge in [0.05, 0.1) is 6.61 Å². The van der Waals surface area contributed by atoms with Crippen molar-refractivity contribution in [3.63, 3.8) is 0 Å². The van der Waals surface area contributed by atoms with Gasteiger partial charge in [-0.15, -0.1) is 0 Å². The molecule has 0 aromatic heterocycles. The van der Waals surface area contributed by atoms with Gasteiger partial charge in [0, 0.05) is 19.4 Å². The Balaban J connectivity index is 1.45. The van der Waals surface area contributed by atoms with Crippen LogP contribution in [0.25, 0.3) is 0 Å². The molecular formula is C20H28F8O2. The van der Waals surface area contributed by atoms with Gasteiger partial charge >= 0.3 is 24.1 Å². The van der Waals surface area contributed by atoms with E-state index in [4.69, 9.17) is 4.74 Å². The van der Waals surface area contributed by atoms with E-state index in [-0.39, 0.29) is 12.0 Å². The summed E-state index contributed by atoms with van der Waals surface area (Å²) in [6, 6.07) is 0. The molecule has 0 N–H and O–H groups in total. The van der Waals surface area contributed by atoms with Crippen molar-refractivity contribution in [1.82, 2.24) is 0 Å². The van der Waals surface area contributed by atoms with Gasteiger partial charge < -0.3 is 4.74 Å². The Morgan fingerprint density at radius 3 is 1.70 bits per heavy atom. The topological polar surface area (TPSA) is 18.5 Å². The molecule has 4 fully saturated rings. The third-order valence-electron chi connectivity index (χ3n) is 6.90. The summed E-state index contributed by atoms with van der Waals surface area (Å²) in [6.45, 7) is 0.736. The zero-order valence-corrected chi connectivity index (χ0v) is 16.9. The second kappa shape index (κ2) is 8.05. The molecule has 4 aliphatic carbocycles. The zero-order chi connectivity index (χ0) is 22.4. The third kappa shape index (κ3) is 4.74. The first-order valence-corrected chi connectivity index (χ1v) is 10.5. The van der Waals surface area contributed by atoms with Crippen LogP contribution in [0.3, 0.4) is 0 Å². The maximum atomic E-state index is 13.8. The monoisotopic (exact) mass is 452 g/mol. The summed E-state index contributed by atoms with van der Waals surface area (Å²) in [5.74, 6) is -8.02. The largest absolute Gasteiger partial charge is 0.423 e. The highest BCUT2D eigenvalue weighted by atomic mass is 19.3. The zero-order valence-electron chi connectivity index (χ0n) is 16.9. The minimum atomic E-state index is -5.74. The molecule has 0 aliphatic heterocycles. The summed E-state index contributed by atoms with van der Waals surface area (Å²) in [5, 5.41) is 0. The normalized spacial score (nSPS) is 32.1. The van der Waals surface area contributed by atoms with Gasteiger partial charge in [-0.05, 0) is 68.1 Å². The van der Waals surface area contributed by atoms with Gasteiger partial charge in [-0.1, -0.05) is 6.92 Å². The molecule has 0 saturated heterocycles. The van der Waals surface area contributed by atoms with E-state index in [1.54, 1.807) is 0 Å². The molecule has 0 unspecified atom stereocenters. The second-order valence-electron chi connectivity index (χ2n) is 9.47. The van der Waals surface area contributed by atoms with E-state index >= 15 is 0 Å². The van der Waals surface area contributed by atoms with Crippen LogP contribution >= 0.6 is 0 Å². The molecule has 0 aromatic carbocycles. The van der Waals surface area contributed by atoms with Gasteiger partial charge in [0.1, 0.15) is 0 Å². The summed E-state index contributed by atoms with van der Waals surface area (Å²) in [6.07, 6.45) is -8.29. The fraction of sp³-hybridized carbons (Fsp3) is 1.00. The van der Waals surface area contributed by atoms with Crippen LogP contribution in [0.15, 0.2) is 0 Å². The van der Waals surface area contributed by atoms with Gasteiger partial charge in [0.2, 0.25) is 0 Å². The Kier molecular flexibility index (Phi) is 6.44. The van der Waals surface area contributed by atoms with E-state index in [1.165, 1.54) is 19.3 Å². The second-order valence-corrected chi connectivity index (χ2v) is 9.47. The Labute approximate surface area is 170 Å². The molecule has 0 atom stereocenters. The molecule has 30 heavy (non-hydrogen) atoms. The molecule has 4 bridgehead atoms. The maximum Gasteiger partial charge on any atom is 0.423 e. The van der Waals surface area contributed by atoms with Crippen molar-refractivity contribution in [2.45, 2.75) is 88.8 Å². The van der Waals surface area contributed by atoms with E-state index in [0.29, 0.717) is 31.3 Å². The van der Waals surface area contributed by atoms with E-state index < -0.39 is 43.3 Å². The van der Waals surface area contributed by atoms with Crippen LogP contribution in [0.4, 0.5) is 35.1 Å². The van der Waals surface area contributed by atoms with Crippen LogP contribution < -0.4 is 0 Å². The van der Waals surface area contributed by atoms with Crippen molar-refractivity contribution in [3.8, 4) is 0 Å². The van der Waals surface area contributed by atoms with Gasteiger partial charge in [0.25, 0.3) is 0 Å². The number of rotatable bonds is 11. The predicted octanol–water partition coefficient (Wildman–Crippen LogP) is 6.88. The smallest absolute Gasteiger partial charge is 0.381 e. The summed E-state index contributed by atoms with van der Waals surface area (Å²) in [4.78, 5) is 0. The summed E-state index contributed by atoms with van der Waals surface area (Å²) in [7, 11) is 0. The molecule has 0 radical (unpaired) electrons. The Hall–Kier alpha value is -0.640. The van der Waals surface area contributed by atoms with Crippen LogP contribution in [0.1, 0.15) is 64.7 Å². The molecule has 176 valence electrons. The molecule has 4 aliphatic rings. The van der Waals surface area contributed by atoms with Crippen molar-refractivity contribution < 1.29 is 44.6 Å². The van der Waals surface area contributed by atoms with Gasteiger partial charge in [-0.3, -0.25) is 0 Å². The minimum Gasteiger partial charge on any atom is -0.381 e. The summed E-state index contributed by atoms with van der Waals surface area (Å²) < 4.78 is 115. The highest BCUT2D eigenvalue weighted by Gasteiger charge is 2.67. The fourth-order valence-electron chi connectivity index (χ4n) is 5.81. The van der Waals surface area contributed by atoms with Crippen molar-refractivity contribution in [3.05, 3.63) is 0 Å². The van der Waals surface area contributed by atoms with Gasteiger partial charge in [-0.25, -0.2) is 4.74 Å². The molecule has 2 nitrogen and oxygen atoms in total. The first-order valence-electron chi connectivity index (χ1n) is 10.5. The number of hydrogen-bond donors (Lipinski definition) is 0. The highest BCUT2D eigenvalue weighted by molar-refractivity contribution is 5.01. The third-order valence-corrected chi connectivity index (χ3v) is 6.90. The molecule has 4 saturated carbocycles. The molecule has 0 heterocycles. The maximum absolute atomic E-state index is 13.8. The van der Waals surface area contributed by atoms with Crippen molar-refractivity contribution in [2.24, 2.45) is 23.2 Å². The number of alkyl halides is 8. The first kappa shape index (κ1) is 24.0. The fourth-order valence-corrected chi connectivity index (χ4v) is 5.81. The van der Waals surface area contributed by atoms with Crippen LogP contribution in [0, 0.1) is 23.2 Å². The lowest BCUT2D eigenvalue weighted by Crippen LogP contribution is -2.53. The Bertz CT molecular complexity index is 572. The lowest BCUT2D eigenvalue weighted by molar-refractivity contribution is -0.468. The molecule has 0 spiro atoms. The van der Waals surface area contributed by atoms with Gasteiger partial charge in [0.15, 0.2) is 0 Å². The van der Waals surface area contributed by atoms with Crippen molar-refractivity contribution in [1.29, 1.82) is 0 Å². The van der Waals surface area contributed by atoms with E-state index in [9.17, 15) is 35.1 Å². The van der Waals surface area contributed by atoms with E-state index in [1.807, 2.05) is 0 Å². The number of hydrogen-bond acceptors (Lipinski definition) is 2. The predicted molar refractivity (Wildman–Crippen MR) is 91.8 cm³/mol. The van der Waals surface area contributed by atoms with Crippen molar-refractivity contribution >= 4 is 0 Å². The molecular weight excluding hydrogens is 424 g/mol. The number of halogens is 8. The van der Waals surface area contributed by atoms with Gasteiger partial charge in [-0.2, -0.15) is 35.1 Å². The van der Waals surface area contributed by atoms with Crippen molar-refractivity contribution in [2.75, 3.05) is 13.2 Å². The summed E-state index contributed by atoms with van der Waals surface area (Å²) in [5.41, 5.74) is 0.0259. The molecule has 0 amide bonds. The standard InChI is InChI=1S/C20H28F8O2/c1-2-17(21,22)19(25,26)30-20(27,28)18(23,24)4-3-5-29-12-16-9-13-6-14(10-16)8-15(7-13)11-16/h13-15H,2-12H2,1H3. The molecule has 4 rings (SSSR count). The van der Waals surface area contributed by atoms with Crippen LogP contribution in [-0.2, 0) is 9.47 Å². The molecule has 0 aromatic rings. The van der Waals surface area contributed by atoms with Crippen LogP contribution in [0.5, 0.6) is 0 Å². The van der Waals surface area contributed by atoms with Crippen LogP contribution in [-0.4, -0.2) is 37.3 Å². The van der Waals surface area contributed by atoms with Crippen LogP contribution in [0.2, 0.25) is 0 Å². The summed E-state index contributed by atoms with van der Waals surface area (Å²) >= 11 is 0. The van der Waals surface area contributed by atoms with E-state index in [2.05, 4.69) is 4.74 Å². The number of ether oxygens (including phenoxy) is 2. The highest BCUT2D eigenvalue weighted by Crippen LogP contribution is 2.60. The average Bonchev–Trinajstić information content (AvgIpc) is 2.58. The lowest BCUT2D eigenvalue weighted by Gasteiger charge is -2.56. The minimum absolute atomic E-state index is 0.0259. The Morgan fingerprint density at radius 1 is 0.767 bits per heavy atom. The first-order chi connectivity index (χ1) is 13.7. The van der Waals surface area contributed by atoms with E-state index in [0.717, 1.165) is 19.3 Å².